The van der Waals surface area contributed by atoms with E-state index in [1.807, 2.05) is 32.0 Å². The fraction of sp³-hybridized carbons (Fsp3) is 0.304. The summed E-state index contributed by atoms with van der Waals surface area (Å²) >= 11 is 0. The summed E-state index contributed by atoms with van der Waals surface area (Å²) in [5, 5.41) is 3.21. The lowest BCUT2D eigenvalue weighted by molar-refractivity contribution is -0.137. The van der Waals surface area contributed by atoms with Gasteiger partial charge in [-0.3, -0.25) is 14.5 Å². The molecule has 7 heteroatoms. The summed E-state index contributed by atoms with van der Waals surface area (Å²) < 4.78 is 15.7. The number of imide groups is 1. The summed E-state index contributed by atoms with van der Waals surface area (Å²) in [5.41, 5.74) is 3.88. The molecule has 1 N–H and O–H groups in total. The molecule has 2 aromatic carbocycles. The van der Waals surface area contributed by atoms with E-state index in [2.05, 4.69) is 5.32 Å². The van der Waals surface area contributed by atoms with Crippen LogP contribution in [0.5, 0.6) is 11.5 Å². The van der Waals surface area contributed by atoms with Gasteiger partial charge in [-0.15, -0.1) is 0 Å². The van der Waals surface area contributed by atoms with E-state index in [9.17, 15) is 9.59 Å². The van der Waals surface area contributed by atoms with Crippen molar-refractivity contribution in [2.75, 3.05) is 39.8 Å². The number of methoxy groups -OCH3 is 3. The van der Waals surface area contributed by atoms with Crippen LogP contribution in [0, 0.1) is 13.8 Å². The smallest absolute Gasteiger partial charge is 0.278 e. The summed E-state index contributed by atoms with van der Waals surface area (Å²) in [4.78, 5) is 27.6. The Balaban J connectivity index is 2.12. The second-order valence-electron chi connectivity index (χ2n) is 7.02. The first-order chi connectivity index (χ1) is 14.4. The molecule has 1 aliphatic rings. The molecule has 0 bridgehead atoms. The van der Waals surface area contributed by atoms with Crippen molar-refractivity contribution in [2.45, 2.75) is 13.8 Å². The molecule has 158 valence electrons. The highest BCUT2D eigenvalue weighted by Gasteiger charge is 2.39. The number of carbonyl (C=O) groups excluding carboxylic acids is 2. The minimum atomic E-state index is -0.386. The molecule has 0 unspecified atom stereocenters. The number of hydrogen-bond acceptors (Lipinski definition) is 6. The Morgan fingerprint density at radius 2 is 1.63 bits per heavy atom. The molecule has 0 aliphatic carbocycles. The molecule has 0 fully saturated rings. The lowest BCUT2D eigenvalue weighted by atomic mass is 10.0. The highest BCUT2D eigenvalue weighted by atomic mass is 16.5. The van der Waals surface area contributed by atoms with Gasteiger partial charge in [0, 0.05) is 12.8 Å². The van der Waals surface area contributed by atoms with Gasteiger partial charge >= 0.3 is 0 Å². The number of carbonyl (C=O) groups is 2. The third kappa shape index (κ3) is 4.02. The minimum absolute atomic E-state index is 0.170. The number of hydrogen-bond donors (Lipinski definition) is 1. The van der Waals surface area contributed by atoms with Gasteiger partial charge in [0.1, 0.15) is 5.70 Å². The Morgan fingerprint density at radius 3 is 2.30 bits per heavy atom. The zero-order valence-corrected chi connectivity index (χ0v) is 17.9. The quantitative estimate of drug-likeness (QED) is 0.674. The number of rotatable bonds is 8. The van der Waals surface area contributed by atoms with Crippen molar-refractivity contribution in [3.05, 3.63) is 58.8 Å². The van der Waals surface area contributed by atoms with Gasteiger partial charge in [0.2, 0.25) is 0 Å². The van der Waals surface area contributed by atoms with E-state index >= 15 is 0 Å². The van der Waals surface area contributed by atoms with Crippen molar-refractivity contribution in [1.82, 2.24) is 4.90 Å². The molecule has 0 saturated carbocycles. The van der Waals surface area contributed by atoms with Crippen LogP contribution in [0.15, 0.2) is 42.1 Å². The van der Waals surface area contributed by atoms with Crippen molar-refractivity contribution < 1.29 is 23.8 Å². The summed E-state index contributed by atoms with van der Waals surface area (Å²) in [6.07, 6.45) is 0. The van der Waals surface area contributed by atoms with Gasteiger partial charge in [0.15, 0.2) is 11.5 Å². The summed E-state index contributed by atoms with van der Waals surface area (Å²) in [6.45, 7) is 4.35. The van der Waals surface area contributed by atoms with E-state index in [4.69, 9.17) is 14.2 Å². The Morgan fingerprint density at radius 1 is 0.900 bits per heavy atom. The lowest BCUT2D eigenvalue weighted by Crippen LogP contribution is -2.35. The van der Waals surface area contributed by atoms with Crippen LogP contribution in [0.1, 0.15) is 16.7 Å². The SMILES string of the molecule is COCCN1C(=O)C(Nc2cc(C)ccc2C)=C(c2ccc(OC)c(OC)c2)C1=O. The van der Waals surface area contributed by atoms with E-state index in [0.717, 1.165) is 16.8 Å². The Labute approximate surface area is 176 Å². The van der Waals surface area contributed by atoms with Gasteiger partial charge < -0.3 is 19.5 Å². The van der Waals surface area contributed by atoms with Crippen molar-refractivity contribution in [1.29, 1.82) is 0 Å². The second kappa shape index (κ2) is 9.00. The molecule has 0 atom stereocenters. The molecule has 30 heavy (non-hydrogen) atoms. The van der Waals surface area contributed by atoms with Crippen LogP contribution in [0.4, 0.5) is 5.69 Å². The predicted octanol–water partition coefficient (Wildman–Crippen LogP) is 3.16. The number of benzene rings is 2. The van der Waals surface area contributed by atoms with Crippen molar-refractivity contribution in [3.8, 4) is 11.5 Å². The maximum Gasteiger partial charge on any atom is 0.278 e. The molecule has 0 aromatic heterocycles. The number of nitrogens with zero attached hydrogens (tertiary/aromatic N) is 1. The molecule has 1 heterocycles. The highest BCUT2D eigenvalue weighted by Crippen LogP contribution is 2.36. The van der Waals surface area contributed by atoms with Gasteiger partial charge in [-0.05, 0) is 48.7 Å². The minimum Gasteiger partial charge on any atom is -0.493 e. The van der Waals surface area contributed by atoms with E-state index in [-0.39, 0.29) is 36.2 Å². The molecule has 2 amide bonds. The summed E-state index contributed by atoms with van der Waals surface area (Å²) in [6, 6.07) is 11.1. The first-order valence-electron chi connectivity index (χ1n) is 9.57. The highest BCUT2D eigenvalue weighted by molar-refractivity contribution is 6.36. The molecule has 2 aromatic rings. The number of amides is 2. The molecule has 1 aliphatic heterocycles. The zero-order valence-electron chi connectivity index (χ0n) is 17.9. The molecule has 0 radical (unpaired) electrons. The van der Waals surface area contributed by atoms with Crippen LogP contribution in [0.2, 0.25) is 0 Å². The third-order valence-corrected chi connectivity index (χ3v) is 5.01. The Bertz CT molecular complexity index is 1010. The normalized spacial score (nSPS) is 13.8. The molecule has 0 saturated heterocycles. The first kappa shape index (κ1) is 21.4. The molecule has 0 spiro atoms. The van der Waals surface area contributed by atoms with Gasteiger partial charge in [-0.25, -0.2) is 0 Å². The van der Waals surface area contributed by atoms with E-state index < -0.39 is 0 Å². The van der Waals surface area contributed by atoms with Crippen LogP contribution in [-0.4, -0.2) is 51.2 Å². The topological polar surface area (TPSA) is 77.1 Å². The van der Waals surface area contributed by atoms with E-state index in [0.29, 0.717) is 17.1 Å². The fourth-order valence-electron chi connectivity index (χ4n) is 3.34. The fourth-order valence-corrected chi connectivity index (χ4v) is 3.34. The molecule has 3 rings (SSSR count). The molecular formula is C23H26N2O5. The van der Waals surface area contributed by atoms with Gasteiger partial charge in [0.25, 0.3) is 11.8 Å². The number of aryl methyl sites for hydroxylation is 2. The van der Waals surface area contributed by atoms with E-state index in [1.54, 1.807) is 25.3 Å². The average molecular weight is 410 g/mol. The second-order valence-corrected chi connectivity index (χ2v) is 7.02. The van der Waals surface area contributed by atoms with Crippen LogP contribution < -0.4 is 14.8 Å². The average Bonchev–Trinajstić information content (AvgIpc) is 2.97. The van der Waals surface area contributed by atoms with Crippen molar-refractivity contribution in [3.63, 3.8) is 0 Å². The van der Waals surface area contributed by atoms with Crippen LogP contribution in [-0.2, 0) is 14.3 Å². The summed E-state index contributed by atoms with van der Waals surface area (Å²) in [7, 11) is 4.60. The maximum absolute atomic E-state index is 13.2. The van der Waals surface area contributed by atoms with Gasteiger partial charge in [0.05, 0.1) is 32.9 Å². The van der Waals surface area contributed by atoms with Crippen molar-refractivity contribution >= 4 is 23.1 Å². The Kier molecular flexibility index (Phi) is 6.42. The molecular weight excluding hydrogens is 384 g/mol. The third-order valence-electron chi connectivity index (χ3n) is 5.01. The summed E-state index contributed by atoms with van der Waals surface area (Å²) in [5.74, 6) is 0.253. The zero-order chi connectivity index (χ0) is 21.8. The van der Waals surface area contributed by atoms with Crippen LogP contribution in [0.25, 0.3) is 5.57 Å². The number of anilines is 1. The monoisotopic (exact) mass is 410 g/mol. The molecule has 7 nitrogen and oxygen atoms in total. The van der Waals surface area contributed by atoms with Crippen molar-refractivity contribution in [2.24, 2.45) is 0 Å². The maximum atomic E-state index is 13.2. The lowest BCUT2D eigenvalue weighted by Gasteiger charge is -2.15. The van der Waals surface area contributed by atoms with E-state index in [1.165, 1.54) is 19.1 Å². The number of ether oxygens (including phenoxy) is 3. The van der Waals surface area contributed by atoms with Crippen LogP contribution in [0.3, 0.4) is 0 Å². The first-order valence-corrected chi connectivity index (χ1v) is 9.57. The van der Waals surface area contributed by atoms with Gasteiger partial charge in [-0.2, -0.15) is 0 Å². The van der Waals surface area contributed by atoms with Crippen LogP contribution >= 0.6 is 0 Å². The Hall–Kier alpha value is -3.32. The number of nitrogens with one attached hydrogen (secondary N) is 1. The predicted molar refractivity (Wildman–Crippen MR) is 115 cm³/mol. The largest absolute Gasteiger partial charge is 0.493 e. The van der Waals surface area contributed by atoms with Gasteiger partial charge in [-0.1, -0.05) is 18.2 Å². The standard InChI is InChI=1S/C23H26N2O5/c1-14-6-7-15(2)17(12-14)24-21-20(22(26)25(23(21)27)10-11-28-3)16-8-9-18(29-4)19(13-16)30-5/h6-9,12-13,24H,10-11H2,1-5H3.